The van der Waals surface area contributed by atoms with Crippen molar-refractivity contribution in [2.45, 2.75) is 27.3 Å². The predicted octanol–water partition coefficient (Wildman–Crippen LogP) is 2.40. The Labute approximate surface area is 100 Å². The lowest BCUT2D eigenvalue weighted by molar-refractivity contribution is 0.625. The Morgan fingerprint density at radius 1 is 1.29 bits per heavy atom. The smallest absolute Gasteiger partial charge is 0.123 e. The van der Waals surface area contributed by atoms with Gasteiger partial charge in [0.2, 0.25) is 0 Å². The van der Waals surface area contributed by atoms with Crippen molar-refractivity contribution < 1.29 is 4.39 Å². The zero-order valence-electron chi connectivity index (χ0n) is 10.3. The van der Waals surface area contributed by atoms with E-state index in [1.165, 1.54) is 12.1 Å². The summed E-state index contributed by atoms with van der Waals surface area (Å²) in [4.78, 5) is 0. The quantitative estimate of drug-likeness (QED) is 0.865. The maximum absolute atomic E-state index is 13.1. The molecule has 2 N–H and O–H groups in total. The number of nitrogens with two attached hydrogens (primary N) is 1. The molecule has 1 heterocycles. The van der Waals surface area contributed by atoms with Gasteiger partial charge in [0.15, 0.2) is 0 Å². The van der Waals surface area contributed by atoms with E-state index in [0.717, 1.165) is 28.2 Å². The molecule has 0 atom stereocenters. The molecule has 90 valence electrons. The minimum absolute atomic E-state index is 0.230. The summed E-state index contributed by atoms with van der Waals surface area (Å²) in [7, 11) is 0. The second kappa shape index (κ2) is 4.30. The molecule has 0 spiro atoms. The van der Waals surface area contributed by atoms with Gasteiger partial charge in [-0.3, -0.25) is 0 Å². The third-order valence-electron chi connectivity index (χ3n) is 3.03. The topological polar surface area (TPSA) is 43.8 Å². The van der Waals surface area contributed by atoms with Crippen LogP contribution < -0.4 is 5.73 Å². The summed E-state index contributed by atoms with van der Waals surface area (Å²) in [5.74, 6) is -0.230. The van der Waals surface area contributed by atoms with Crippen molar-refractivity contribution >= 4 is 0 Å². The van der Waals surface area contributed by atoms with Crippen LogP contribution in [0.1, 0.15) is 22.5 Å². The fraction of sp³-hybridized carbons (Fsp3) is 0.308. The van der Waals surface area contributed by atoms with Crippen molar-refractivity contribution in [3.05, 3.63) is 46.5 Å². The fourth-order valence-corrected chi connectivity index (χ4v) is 2.06. The van der Waals surface area contributed by atoms with E-state index in [1.54, 1.807) is 6.07 Å². The third-order valence-corrected chi connectivity index (χ3v) is 3.03. The molecule has 0 saturated heterocycles. The van der Waals surface area contributed by atoms with Gasteiger partial charge in [0.25, 0.3) is 0 Å². The summed E-state index contributed by atoms with van der Waals surface area (Å²) in [6.45, 7) is 6.25. The Kier molecular flexibility index (Phi) is 2.98. The third kappa shape index (κ3) is 1.96. The number of nitrogens with zero attached hydrogens (tertiary/aromatic N) is 2. The van der Waals surface area contributed by atoms with Crippen molar-refractivity contribution in [3.8, 4) is 5.69 Å². The van der Waals surface area contributed by atoms with Crippen molar-refractivity contribution in [2.24, 2.45) is 5.73 Å². The van der Waals surface area contributed by atoms with Gasteiger partial charge < -0.3 is 5.73 Å². The van der Waals surface area contributed by atoms with Crippen LogP contribution in [0.2, 0.25) is 0 Å². The molecule has 0 aliphatic heterocycles. The molecular weight excluding hydrogens is 217 g/mol. The molecule has 2 aromatic rings. The summed E-state index contributed by atoms with van der Waals surface area (Å²) < 4.78 is 14.9. The van der Waals surface area contributed by atoms with Crippen LogP contribution in [-0.2, 0) is 6.54 Å². The lowest BCUT2D eigenvalue weighted by atomic mass is 10.1. The highest BCUT2D eigenvalue weighted by Crippen LogP contribution is 2.20. The summed E-state index contributed by atoms with van der Waals surface area (Å²) in [6.07, 6.45) is 0. The number of hydrogen-bond acceptors (Lipinski definition) is 2. The normalized spacial score (nSPS) is 10.9. The molecule has 0 bridgehead atoms. The van der Waals surface area contributed by atoms with Crippen molar-refractivity contribution in [3.63, 3.8) is 0 Å². The van der Waals surface area contributed by atoms with Crippen molar-refractivity contribution in [1.82, 2.24) is 9.78 Å². The van der Waals surface area contributed by atoms with E-state index in [9.17, 15) is 4.39 Å². The standard InChI is InChI=1S/C13H16FN3/c1-8-6-11(14)4-5-13(8)17-10(3)12(7-15)9(2)16-17/h4-6H,7,15H2,1-3H3. The number of benzene rings is 1. The van der Waals surface area contributed by atoms with E-state index in [0.29, 0.717) is 6.54 Å². The second-order valence-electron chi connectivity index (χ2n) is 4.20. The summed E-state index contributed by atoms with van der Waals surface area (Å²) in [5, 5.41) is 4.46. The average molecular weight is 233 g/mol. The van der Waals surface area contributed by atoms with Crippen LogP contribution in [0.5, 0.6) is 0 Å². The minimum Gasteiger partial charge on any atom is -0.326 e. The zero-order chi connectivity index (χ0) is 12.6. The van der Waals surface area contributed by atoms with Gasteiger partial charge in [0, 0.05) is 17.8 Å². The molecule has 1 aromatic carbocycles. The highest BCUT2D eigenvalue weighted by Gasteiger charge is 2.12. The van der Waals surface area contributed by atoms with Crippen LogP contribution in [-0.4, -0.2) is 9.78 Å². The lowest BCUT2D eigenvalue weighted by Crippen LogP contribution is -2.03. The van der Waals surface area contributed by atoms with Crippen LogP contribution in [0.25, 0.3) is 5.69 Å². The highest BCUT2D eigenvalue weighted by atomic mass is 19.1. The molecule has 2 rings (SSSR count). The Morgan fingerprint density at radius 3 is 2.53 bits per heavy atom. The van der Waals surface area contributed by atoms with Gasteiger partial charge in [0.1, 0.15) is 5.82 Å². The number of rotatable bonds is 2. The van der Waals surface area contributed by atoms with Crippen molar-refractivity contribution in [1.29, 1.82) is 0 Å². The number of aryl methyl sites for hydroxylation is 2. The van der Waals surface area contributed by atoms with Crippen LogP contribution in [0.15, 0.2) is 18.2 Å². The monoisotopic (exact) mass is 233 g/mol. The molecule has 0 fully saturated rings. The molecule has 0 unspecified atom stereocenters. The van der Waals surface area contributed by atoms with Crippen LogP contribution >= 0.6 is 0 Å². The van der Waals surface area contributed by atoms with Gasteiger partial charge in [-0.25, -0.2) is 9.07 Å². The maximum Gasteiger partial charge on any atom is 0.123 e. The van der Waals surface area contributed by atoms with E-state index in [-0.39, 0.29) is 5.82 Å². The largest absolute Gasteiger partial charge is 0.326 e. The predicted molar refractivity (Wildman–Crippen MR) is 65.6 cm³/mol. The van der Waals surface area contributed by atoms with E-state index in [4.69, 9.17) is 5.73 Å². The molecular formula is C13H16FN3. The van der Waals surface area contributed by atoms with Gasteiger partial charge >= 0.3 is 0 Å². The van der Waals surface area contributed by atoms with E-state index >= 15 is 0 Å². The molecule has 4 heteroatoms. The number of halogens is 1. The first-order valence-electron chi connectivity index (χ1n) is 5.56. The maximum atomic E-state index is 13.1. The van der Waals surface area contributed by atoms with Crippen LogP contribution in [0.3, 0.4) is 0 Å². The molecule has 0 aliphatic carbocycles. The summed E-state index contributed by atoms with van der Waals surface area (Å²) >= 11 is 0. The Morgan fingerprint density at radius 2 is 2.00 bits per heavy atom. The Balaban J connectivity index is 2.61. The zero-order valence-corrected chi connectivity index (χ0v) is 10.3. The van der Waals surface area contributed by atoms with Crippen LogP contribution in [0.4, 0.5) is 4.39 Å². The first-order valence-corrected chi connectivity index (χ1v) is 5.56. The van der Waals surface area contributed by atoms with Gasteiger partial charge in [-0.15, -0.1) is 0 Å². The highest BCUT2D eigenvalue weighted by molar-refractivity contribution is 5.43. The van der Waals surface area contributed by atoms with Gasteiger partial charge in [0.05, 0.1) is 11.4 Å². The summed E-state index contributed by atoms with van der Waals surface area (Å²) in [5.41, 5.74) is 10.4. The minimum atomic E-state index is -0.230. The summed E-state index contributed by atoms with van der Waals surface area (Å²) in [6, 6.07) is 4.69. The second-order valence-corrected chi connectivity index (χ2v) is 4.20. The van der Waals surface area contributed by atoms with Gasteiger partial charge in [-0.2, -0.15) is 5.10 Å². The molecule has 0 aliphatic rings. The average Bonchev–Trinajstić information content (AvgIpc) is 2.54. The Bertz CT molecular complexity index is 558. The first kappa shape index (κ1) is 11.8. The van der Waals surface area contributed by atoms with Gasteiger partial charge in [-0.1, -0.05) is 0 Å². The first-order chi connectivity index (χ1) is 8.04. The van der Waals surface area contributed by atoms with E-state index < -0.39 is 0 Å². The Hall–Kier alpha value is -1.68. The lowest BCUT2D eigenvalue weighted by Gasteiger charge is -2.08. The molecule has 17 heavy (non-hydrogen) atoms. The number of aromatic nitrogens is 2. The SMILES string of the molecule is Cc1cc(F)ccc1-n1nc(C)c(CN)c1C. The van der Waals surface area contributed by atoms with Crippen molar-refractivity contribution in [2.75, 3.05) is 0 Å². The van der Waals surface area contributed by atoms with Gasteiger partial charge in [-0.05, 0) is 44.5 Å². The molecule has 0 amide bonds. The fourth-order valence-electron chi connectivity index (χ4n) is 2.06. The van der Waals surface area contributed by atoms with E-state index in [1.807, 2.05) is 25.5 Å². The molecule has 3 nitrogen and oxygen atoms in total. The molecule has 0 saturated carbocycles. The number of hydrogen-bond donors (Lipinski definition) is 1. The molecule has 1 aromatic heterocycles. The van der Waals surface area contributed by atoms with E-state index in [2.05, 4.69) is 5.10 Å². The van der Waals surface area contributed by atoms with Crippen LogP contribution in [0, 0.1) is 26.6 Å². The molecule has 0 radical (unpaired) electrons.